The van der Waals surface area contributed by atoms with Gasteiger partial charge in [0.1, 0.15) is 6.54 Å². The minimum atomic E-state index is -3.70. The van der Waals surface area contributed by atoms with Crippen molar-refractivity contribution in [1.82, 2.24) is 13.8 Å². The van der Waals surface area contributed by atoms with Gasteiger partial charge in [0, 0.05) is 32.2 Å². The second kappa shape index (κ2) is 8.70. The summed E-state index contributed by atoms with van der Waals surface area (Å²) in [6, 6.07) is 12.5. The zero-order valence-corrected chi connectivity index (χ0v) is 20.3. The molecule has 2 unspecified atom stereocenters. The summed E-state index contributed by atoms with van der Waals surface area (Å²) in [5, 5.41) is 0. The Morgan fingerprint density at radius 2 is 1.76 bits per heavy atom. The summed E-state index contributed by atoms with van der Waals surface area (Å²) >= 11 is 0. The monoisotopic (exact) mass is 483 g/mol. The van der Waals surface area contributed by atoms with Crippen LogP contribution in [0.3, 0.4) is 0 Å². The molecule has 2 atom stereocenters. The van der Waals surface area contributed by atoms with Crippen molar-refractivity contribution in [3.8, 4) is 0 Å². The molecule has 3 aromatic rings. The van der Waals surface area contributed by atoms with E-state index in [0.717, 1.165) is 18.4 Å². The van der Waals surface area contributed by atoms with Crippen LogP contribution in [0.5, 0.6) is 0 Å². The van der Waals surface area contributed by atoms with Gasteiger partial charge in [0.2, 0.25) is 15.9 Å². The van der Waals surface area contributed by atoms with Crippen LogP contribution >= 0.6 is 0 Å². The highest BCUT2D eigenvalue weighted by Crippen LogP contribution is 2.28. The summed E-state index contributed by atoms with van der Waals surface area (Å²) in [6.07, 6.45) is 1.78. The van der Waals surface area contributed by atoms with Crippen LogP contribution in [0, 0.1) is 11.8 Å². The van der Waals surface area contributed by atoms with Gasteiger partial charge in [-0.3, -0.25) is 9.36 Å². The molecule has 8 nitrogen and oxygen atoms in total. The van der Waals surface area contributed by atoms with Gasteiger partial charge in [-0.1, -0.05) is 38.1 Å². The maximum atomic E-state index is 13.2. The van der Waals surface area contributed by atoms with Gasteiger partial charge in [0.15, 0.2) is 5.58 Å². The quantitative estimate of drug-likeness (QED) is 0.569. The van der Waals surface area contributed by atoms with E-state index in [0.29, 0.717) is 31.7 Å². The number of nitrogens with zero attached hydrogens (tertiary/aromatic N) is 3. The Bertz CT molecular complexity index is 1400. The van der Waals surface area contributed by atoms with Gasteiger partial charge in [0.25, 0.3) is 0 Å². The average Bonchev–Trinajstić information content (AvgIpc) is 3.12. The van der Waals surface area contributed by atoms with Crippen LogP contribution in [0.15, 0.2) is 56.6 Å². The molecule has 0 bridgehead atoms. The van der Waals surface area contributed by atoms with E-state index in [1.807, 2.05) is 18.2 Å². The predicted molar refractivity (Wildman–Crippen MR) is 128 cm³/mol. The lowest BCUT2D eigenvalue weighted by molar-refractivity contribution is -0.132. The van der Waals surface area contributed by atoms with Gasteiger partial charge in [-0.05, 0) is 47.9 Å². The Morgan fingerprint density at radius 1 is 1.06 bits per heavy atom. The SMILES string of the molecule is CC1CC(C)CN(S(=O)(=O)c2ccc3c(c2)oc(=O)n3CC(=O)N2CCc3ccccc3C2)C1. The lowest BCUT2D eigenvalue weighted by atomic mass is 9.94. The molecule has 1 saturated heterocycles. The van der Waals surface area contributed by atoms with Crippen molar-refractivity contribution < 1.29 is 17.6 Å². The van der Waals surface area contributed by atoms with Crippen LogP contribution < -0.4 is 5.76 Å². The number of oxazole rings is 1. The van der Waals surface area contributed by atoms with E-state index in [1.165, 1.54) is 26.6 Å². The average molecular weight is 484 g/mol. The molecule has 0 N–H and O–H groups in total. The minimum Gasteiger partial charge on any atom is -0.408 e. The van der Waals surface area contributed by atoms with Crippen molar-refractivity contribution in [3.05, 3.63) is 64.1 Å². The summed E-state index contributed by atoms with van der Waals surface area (Å²) in [5.74, 6) is -0.272. The van der Waals surface area contributed by atoms with Gasteiger partial charge >= 0.3 is 5.76 Å². The van der Waals surface area contributed by atoms with E-state index < -0.39 is 15.8 Å². The fourth-order valence-electron chi connectivity index (χ4n) is 5.25. The van der Waals surface area contributed by atoms with E-state index in [1.54, 1.807) is 11.0 Å². The van der Waals surface area contributed by atoms with E-state index in [4.69, 9.17) is 4.42 Å². The van der Waals surface area contributed by atoms with Crippen LogP contribution in [-0.4, -0.2) is 47.7 Å². The maximum absolute atomic E-state index is 13.2. The number of fused-ring (bicyclic) bond motifs is 2. The number of hydrogen-bond donors (Lipinski definition) is 0. The zero-order valence-electron chi connectivity index (χ0n) is 19.4. The van der Waals surface area contributed by atoms with Crippen molar-refractivity contribution in [2.75, 3.05) is 19.6 Å². The number of hydrogen-bond acceptors (Lipinski definition) is 5. The van der Waals surface area contributed by atoms with Crippen molar-refractivity contribution in [2.45, 2.75) is 44.7 Å². The Hall–Kier alpha value is -2.91. The largest absolute Gasteiger partial charge is 0.420 e. The Morgan fingerprint density at radius 3 is 2.50 bits per heavy atom. The molecule has 1 fully saturated rings. The Labute approximate surface area is 198 Å². The first-order valence-corrected chi connectivity index (χ1v) is 13.1. The lowest BCUT2D eigenvalue weighted by Crippen LogP contribution is -2.42. The molecule has 2 aliphatic rings. The molecule has 0 spiro atoms. The number of amides is 1. The van der Waals surface area contributed by atoms with E-state index in [2.05, 4.69) is 19.9 Å². The van der Waals surface area contributed by atoms with Crippen molar-refractivity contribution in [3.63, 3.8) is 0 Å². The normalized spacial score (nSPS) is 21.5. The van der Waals surface area contributed by atoms with Crippen LogP contribution in [0.2, 0.25) is 0 Å². The minimum absolute atomic E-state index is 0.0983. The van der Waals surface area contributed by atoms with Gasteiger partial charge in [-0.25, -0.2) is 13.2 Å². The summed E-state index contributed by atoms with van der Waals surface area (Å²) in [5.41, 5.74) is 2.93. The molecule has 0 saturated carbocycles. The van der Waals surface area contributed by atoms with Crippen LogP contribution in [-0.2, 0) is 34.3 Å². The molecule has 34 heavy (non-hydrogen) atoms. The first-order chi connectivity index (χ1) is 16.2. The topological polar surface area (TPSA) is 92.8 Å². The molecule has 1 aromatic heterocycles. The van der Waals surface area contributed by atoms with Gasteiger partial charge < -0.3 is 9.32 Å². The summed E-state index contributed by atoms with van der Waals surface area (Å²) in [7, 11) is -3.70. The molecule has 9 heteroatoms. The molecular formula is C25H29N3O5S. The number of benzene rings is 2. The molecular weight excluding hydrogens is 454 g/mol. The summed E-state index contributed by atoms with van der Waals surface area (Å²) in [6.45, 7) is 6.01. The number of sulfonamides is 1. The molecule has 180 valence electrons. The van der Waals surface area contributed by atoms with Gasteiger partial charge in [-0.15, -0.1) is 0 Å². The number of piperidine rings is 1. The van der Waals surface area contributed by atoms with Crippen molar-refractivity contribution in [1.29, 1.82) is 0 Å². The van der Waals surface area contributed by atoms with Gasteiger partial charge in [-0.2, -0.15) is 4.31 Å². The highest BCUT2D eigenvalue weighted by molar-refractivity contribution is 7.89. The standard InChI is InChI=1S/C25H29N3O5S/c1-17-11-18(2)14-27(13-17)34(31,32)21-7-8-22-23(12-21)33-25(30)28(22)16-24(29)26-10-9-19-5-3-4-6-20(19)15-26/h3-8,12,17-18H,9-11,13-16H2,1-2H3. The molecule has 2 aliphatic heterocycles. The molecule has 0 aliphatic carbocycles. The summed E-state index contributed by atoms with van der Waals surface area (Å²) in [4.78, 5) is 27.4. The van der Waals surface area contributed by atoms with Crippen LogP contribution in [0.1, 0.15) is 31.4 Å². The molecule has 0 radical (unpaired) electrons. The van der Waals surface area contributed by atoms with E-state index in [-0.39, 0.29) is 34.8 Å². The number of carbonyl (C=O) groups excluding carboxylic acids is 1. The second-order valence-electron chi connectivity index (χ2n) is 9.69. The van der Waals surface area contributed by atoms with Crippen molar-refractivity contribution in [2.24, 2.45) is 11.8 Å². The van der Waals surface area contributed by atoms with Crippen LogP contribution in [0.4, 0.5) is 0 Å². The second-order valence-corrected chi connectivity index (χ2v) is 11.6. The van der Waals surface area contributed by atoms with Crippen molar-refractivity contribution >= 4 is 27.0 Å². The lowest BCUT2D eigenvalue weighted by Gasteiger charge is -2.34. The first kappa shape index (κ1) is 22.9. The molecule has 1 amide bonds. The smallest absolute Gasteiger partial charge is 0.408 e. The first-order valence-electron chi connectivity index (χ1n) is 11.7. The molecule has 3 heterocycles. The zero-order chi connectivity index (χ0) is 24.0. The molecule has 2 aromatic carbocycles. The Kier molecular flexibility index (Phi) is 5.85. The van der Waals surface area contributed by atoms with E-state index in [9.17, 15) is 18.0 Å². The van der Waals surface area contributed by atoms with E-state index >= 15 is 0 Å². The number of aromatic nitrogens is 1. The third-order valence-corrected chi connectivity index (χ3v) is 8.72. The van der Waals surface area contributed by atoms with Gasteiger partial charge in [0.05, 0.1) is 10.4 Å². The fourth-order valence-corrected chi connectivity index (χ4v) is 6.95. The fraction of sp³-hybridized carbons (Fsp3) is 0.440. The Balaban J connectivity index is 1.39. The highest BCUT2D eigenvalue weighted by atomic mass is 32.2. The molecule has 5 rings (SSSR count). The predicted octanol–water partition coefficient (Wildman–Crippen LogP) is 2.85. The maximum Gasteiger partial charge on any atom is 0.420 e. The number of carbonyl (C=O) groups is 1. The van der Waals surface area contributed by atoms with Crippen LogP contribution in [0.25, 0.3) is 11.1 Å². The summed E-state index contributed by atoms with van der Waals surface area (Å²) < 4.78 is 34.6. The third-order valence-electron chi connectivity index (χ3n) is 6.89. The number of rotatable bonds is 4. The highest BCUT2D eigenvalue weighted by Gasteiger charge is 2.32. The third kappa shape index (κ3) is 4.18.